The molecule has 33 heavy (non-hydrogen) atoms. The van der Waals surface area contributed by atoms with Crippen molar-refractivity contribution in [2.24, 2.45) is 0 Å². The lowest BCUT2D eigenvalue weighted by Gasteiger charge is -2.36. The minimum absolute atomic E-state index is 0.0701. The number of carbonyl (C=O) groups excluding carboxylic acids is 1. The van der Waals surface area contributed by atoms with E-state index in [0.717, 1.165) is 57.8 Å². The molecule has 0 radical (unpaired) electrons. The van der Waals surface area contributed by atoms with E-state index in [0.29, 0.717) is 12.6 Å². The van der Waals surface area contributed by atoms with Crippen molar-refractivity contribution in [2.75, 3.05) is 49.5 Å². The van der Waals surface area contributed by atoms with Gasteiger partial charge >= 0.3 is 0 Å². The molecule has 0 spiro atoms. The fraction of sp³-hybridized carbons (Fsp3) is 0.370. The number of likely N-dealkylation sites (tertiary alicyclic amines) is 1. The second-order valence-corrected chi connectivity index (χ2v) is 9.97. The van der Waals surface area contributed by atoms with Gasteiger partial charge in [0.2, 0.25) is 5.91 Å². The Balaban J connectivity index is 1.10. The van der Waals surface area contributed by atoms with Gasteiger partial charge in [-0.1, -0.05) is 36.4 Å². The van der Waals surface area contributed by atoms with Gasteiger partial charge in [0.15, 0.2) is 0 Å². The highest BCUT2D eigenvalue weighted by Crippen LogP contribution is 2.34. The molecule has 2 aliphatic heterocycles. The Morgan fingerprint density at radius 2 is 1.70 bits per heavy atom. The molecule has 2 fully saturated rings. The Kier molecular flexibility index (Phi) is 7.05. The molecule has 5 rings (SSSR count). The SMILES string of the molecule is O=C(CN1CCC[C@H]1c1cccs1)Nc1ccc(N2CCN(Cc3ccccc3)CC2)cc1. The number of piperazine rings is 1. The maximum absolute atomic E-state index is 12.7. The van der Waals surface area contributed by atoms with E-state index in [1.807, 2.05) is 12.1 Å². The summed E-state index contributed by atoms with van der Waals surface area (Å²) in [5.41, 5.74) is 3.48. The van der Waals surface area contributed by atoms with Crippen molar-refractivity contribution in [3.05, 3.63) is 82.6 Å². The summed E-state index contributed by atoms with van der Waals surface area (Å²) >= 11 is 1.79. The molecular weight excluding hydrogens is 428 g/mol. The van der Waals surface area contributed by atoms with Crippen LogP contribution in [0.25, 0.3) is 0 Å². The lowest BCUT2D eigenvalue weighted by atomic mass is 10.2. The molecule has 172 valence electrons. The zero-order valence-corrected chi connectivity index (χ0v) is 19.8. The van der Waals surface area contributed by atoms with Crippen molar-refractivity contribution in [1.29, 1.82) is 0 Å². The molecule has 2 aromatic carbocycles. The summed E-state index contributed by atoms with van der Waals surface area (Å²) in [4.78, 5) is 21.3. The number of carbonyl (C=O) groups is 1. The number of amides is 1. The Morgan fingerprint density at radius 3 is 2.42 bits per heavy atom. The molecular formula is C27H32N4OS. The van der Waals surface area contributed by atoms with E-state index < -0.39 is 0 Å². The maximum Gasteiger partial charge on any atom is 0.238 e. The molecule has 0 bridgehead atoms. The van der Waals surface area contributed by atoms with E-state index in [9.17, 15) is 4.79 Å². The highest BCUT2D eigenvalue weighted by atomic mass is 32.1. The Bertz CT molecular complexity index is 1010. The lowest BCUT2D eigenvalue weighted by Crippen LogP contribution is -2.45. The van der Waals surface area contributed by atoms with Crippen molar-refractivity contribution in [1.82, 2.24) is 9.80 Å². The van der Waals surface area contributed by atoms with E-state index >= 15 is 0 Å². The van der Waals surface area contributed by atoms with Gasteiger partial charge in [-0.2, -0.15) is 0 Å². The number of nitrogens with one attached hydrogen (secondary N) is 1. The fourth-order valence-electron chi connectivity index (χ4n) is 4.96. The molecule has 1 aromatic heterocycles. The molecule has 0 saturated carbocycles. The predicted octanol–water partition coefficient (Wildman–Crippen LogP) is 4.85. The number of hydrogen-bond donors (Lipinski definition) is 1. The number of thiophene rings is 1. The molecule has 3 heterocycles. The van der Waals surface area contributed by atoms with E-state index in [1.165, 1.54) is 16.1 Å². The van der Waals surface area contributed by atoms with Crippen LogP contribution in [0, 0.1) is 0 Å². The molecule has 2 aliphatic rings. The van der Waals surface area contributed by atoms with Crippen LogP contribution in [0.4, 0.5) is 11.4 Å². The Morgan fingerprint density at radius 1 is 0.909 bits per heavy atom. The number of anilines is 2. The zero-order valence-electron chi connectivity index (χ0n) is 19.0. The molecule has 0 aliphatic carbocycles. The third-order valence-corrected chi connectivity index (χ3v) is 7.69. The van der Waals surface area contributed by atoms with Gasteiger partial charge in [0.25, 0.3) is 0 Å². The number of rotatable bonds is 7. The second-order valence-electron chi connectivity index (χ2n) is 8.99. The summed E-state index contributed by atoms with van der Waals surface area (Å²) in [5, 5.41) is 5.22. The molecule has 6 heteroatoms. The van der Waals surface area contributed by atoms with E-state index in [-0.39, 0.29) is 5.91 Å². The lowest BCUT2D eigenvalue weighted by molar-refractivity contribution is -0.117. The van der Waals surface area contributed by atoms with Crippen LogP contribution >= 0.6 is 11.3 Å². The highest BCUT2D eigenvalue weighted by Gasteiger charge is 2.28. The predicted molar refractivity (Wildman–Crippen MR) is 137 cm³/mol. The van der Waals surface area contributed by atoms with Crippen molar-refractivity contribution < 1.29 is 4.79 Å². The van der Waals surface area contributed by atoms with Crippen molar-refractivity contribution in [2.45, 2.75) is 25.4 Å². The van der Waals surface area contributed by atoms with Crippen LogP contribution in [0.5, 0.6) is 0 Å². The quantitative estimate of drug-likeness (QED) is 0.547. The largest absolute Gasteiger partial charge is 0.369 e. The van der Waals surface area contributed by atoms with Gasteiger partial charge in [0.1, 0.15) is 0 Å². The minimum atomic E-state index is 0.0701. The molecule has 2 saturated heterocycles. The normalized spacial score (nSPS) is 19.6. The molecule has 3 aromatic rings. The first kappa shape index (κ1) is 22.1. The first-order chi connectivity index (χ1) is 16.2. The molecule has 1 N–H and O–H groups in total. The van der Waals surface area contributed by atoms with Crippen molar-refractivity contribution >= 4 is 28.6 Å². The van der Waals surface area contributed by atoms with E-state index in [1.54, 1.807) is 11.3 Å². The summed E-state index contributed by atoms with van der Waals surface area (Å²) in [6.45, 7) is 6.64. The minimum Gasteiger partial charge on any atom is -0.369 e. The molecule has 1 atom stereocenters. The Labute approximate surface area is 200 Å². The van der Waals surface area contributed by atoms with Crippen molar-refractivity contribution in [3.8, 4) is 0 Å². The summed E-state index contributed by atoms with van der Waals surface area (Å²) in [6, 6.07) is 23.7. The molecule has 1 amide bonds. The van der Waals surface area contributed by atoms with Crippen LogP contribution in [-0.4, -0.2) is 55.0 Å². The zero-order chi connectivity index (χ0) is 22.5. The van der Waals surface area contributed by atoms with E-state index in [2.05, 4.69) is 80.0 Å². The average Bonchev–Trinajstić information content (AvgIpc) is 3.53. The van der Waals surface area contributed by atoms with Crippen molar-refractivity contribution in [3.63, 3.8) is 0 Å². The monoisotopic (exact) mass is 460 g/mol. The van der Waals surface area contributed by atoms with Crippen LogP contribution in [0.15, 0.2) is 72.1 Å². The summed E-state index contributed by atoms with van der Waals surface area (Å²) < 4.78 is 0. The van der Waals surface area contributed by atoms with Gasteiger partial charge < -0.3 is 10.2 Å². The Hall–Kier alpha value is -2.67. The van der Waals surface area contributed by atoms with Crippen LogP contribution in [0.1, 0.15) is 29.3 Å². The second kappa shape index (κ2) is 10.5. The fourth-order valence-corrected chi connectivity index (χ4v) is 5.86. The average molecular weight is 461 g/mol. The van der Waals surface area contributed by atoms with Crippen LogP contribution < -0.4 is 10.2 Å². The van der Waals surface area contributed by atoms with Gasteiger partial charge in [0, 0.05) is 55.0 Å². The maximum atomic E-state index is 12.7. The van der Waals surface area contributed by atoms with Gasteiger partial charge in [-0.3, -0.25) is 14.6 Å². The summed E-state index contributed by atoms with van der Waals surface area (Å²) in [5.74, 6) is 0.0701. The van der Waals surface area contributed by atoms with Gasteiger partial charge in [-0.25, -0.2) is 0 Å². The van der Waals surface area contributed by atoms with Gasteiger partial charge in [-0.05, 0) is 60.7 Å². The first-order valence-electron chi connectivity index (χ1n) is 11.9. The van der Waals surface area contributed by atoms with Crippen LogP contribution in [0.2, 0.25) is 0 Å². The highest BCUT2D eigenvalue weighted by molar-refractivity contribution is 7.10. The summed E-state index contributed by atoms with van der Waals surface area (Å²) in [6.07, 6.45) is 2.30. The molecule has 0 unspecified atom stereocenters. The third-order valence-electron chi connectivity index (χ3n) is 6.72. The number of benzene rings is 2. The first-order valence-corrected chi connectivity index (χ1v) is 12.8. The van der Waals surface area contributed by atoms with Crippen LogP contribution in [0.3, 0.4) is 0 Å². The third kappa shape index (κ3) is 5.64. The topological polar surface area (TPSA) is 38.8 Å². The smallest absolute Gasteiger partial charge is 0.238 e. The number of nitrogens with zero attached hydrogens (tertiary/aromatic N) is 3. The van der Waals surface area contributed by atoms with E-state index in [4.69, 9.17) is 0 Å². The summed E-state index contributed by atoms with van der Waals surface area (Å²) in [7, 11) is 0. The van der Waals surface area contributed by atoms with Crippen LogP contribution in [-0.2, 0) is 11.3 Å². The van der Waals surface area contributed by atoms with Gasteiger partial charge in [0.05, 0.1) is 6.54 Å². The van der Waals surface area contributed by atoms with Gasteiger partial charge in [-0.15, -0.1) is 11.3 Å². The molecule has 5 nitrogen and oxygen atoms in total. The number of hydrogen-bond acceptors (Lipinski definition) is 5. The standard InChI is InChI=1S/C27H32N4OS/c32-27(21-31-14-4-8-25(31)26-9-5-19-33-26)28-23-10-12-24(13-11-23)30-17-15-29(16-18-30)20-22-6-2-1-3-7-22/h1-3,5-7,9-13,19,25H,4,8,14-18,20-21H2,(H,28,32)/t25-/m0/s1.